The molecular weight excluding hydrogens is 231 g/mol. The molecule has 0 unspecified atom stereocenters. The summed E-state index contributed by atoms with van der Waals surface area (Å²) in [6.07, 6.45) is 0. The van der Waals surface area contributed by atoms with Crippen molar-refractivity contribution in [3.05, 3.63) is 57.3 Å². The second kappa shape index (κ2) is 4.46. The Morgan fingerprint density at radius 2 is 2.00 bits per heavy atom. The number of nitrogens with one attached hydrogen (secondary N) is 1. The molecule has 3 nitrogen and oxygen atoms in total. The fourth-order valence-corrected chi connectivity index (χ4v) is 1.91. The minimum atomic E-state index is -0.448. The van der Waals surface area contributed by atoms with Gasteiger partial charge in [0.05, 0.1) is 0 Å². The lowest BCUT2D eigenvalue weighted by Crippen LogP contribution is -2.13. The molecule has 4 heteroatoms. The number of aromatic nitrogens is 1. The normalized spacial score (nSPS) is 10.1. The number of hydrogen-bond acceptors (Lipinski definition) is 2. The van der Waals surface area contributed by atoms with Crippen LogP contribution in [0.2, 0.25) is 0 Å². The van der Waals surface area contributed by atoms with Crippen LogP contribution in [0.3, 0.4) is 0 Å². The van der Waals surface area contributed by atoms with Gasteiger partial charge < -0.3 is 4.98 Å². The molecule has 1 aromatic heterocycles. The molecule has 0 radical (unpaired) electrons. The van der Waals surface area contributed by atoms with Crippen LogP contribution in [0.15, 0.2) is 29.1 Å². The Labute approximate surface area is 104 Å². The number of H-pyrrole nitrogens is 1. The maximum absolute atomic E-state index is 13.5. The van der Waals surface area contributed by atoms with Crippen molar-refractivity contribution in [2.45, 2.75) is 13.8 Å². The van der Waals surface area contributed by atoms with Crippen molar-refractivity contribution in [1.29, 1.82) is 5.26 Å². The minimum Gasteiger partial charge on any atom is -0.325 e. The molecule has 1 aromatic carbocycles. The summed E-state index contributed by atoms with van der Waals surface area (Å²) in [4.78, 5) is 14.3. The van der Waals surface area contributed by atoms with E-state index >= 15 is 0 Å². The molecular formula is C14H11FN2O. The van der Waals surface area contributed by atoms with Gasteiger partial charge in [0.15, 0.2) is 0 Å². The van der Waals surface area contributed by atoms with Crippen LogP contribution in [0.4, 0.5) is 4.39 Å². The summed E-state index contributed by atoms with van der Waals surface area (Å²) in [5, 5.41) is 9.05. The third kappa shape index (κ3) is 1.91. The fourth-order valence-electron chi connectivity index (χ4n) is 1.91. The molecule has 0 saturated carbocycles. The lowest BCUT2D eigenvalue weighted by atomic mass is 9.97. The Balaban J connectivity index is 2.84. The summed E-state index contributed by atoms with van der Waals surface area (Å²) in [6.45, 7) is 3.35. The highest BCUT2D eigenvalue weighted by Gasteiger charge is 2.13. The van der Waals surface area contributed by atoms with Gasteiger partial charge in [-0.1, -0.05) is 12.1 Å². The highest BCUT2D eigenvalue weighted by Crippen LogP contribution is 2.26. The fraction of sp³-hybridized carbons (Fsp3) is 0.143. The van der Waals surface area contributed by atoms with E-state index in [0.29, 0.717) is 22.4 Å². The topological polar surface area (TPSA) is 56.6 Å². The van der Waals surface area contributed by atoms with Gasteiger partial charge in [-0.05, 0) is 37.1 Å². The number of nitrogens with zero attached hydrogens (tertiary/aromatic N) is 1. The highest BCUT2D eigenvalue weighted by molar-refractivity contribution is 5.73. The molecule has 1 N–H and O–H groups in total. The summed E-state index contributed by atoms with van der Waals surface area (Å²) in [5.41, 5.74) is 1.67. The van der Waals surface area contributed by atoms with E-state index in [-0.39, 0.29) is 11.4 Å². The number of halogens is 1. The van der Waals surface area contributed by atoms with Crippen LogP contribution in [-0.4, -0.2) is 4.98 Å². The van der Waals surface area contributed by atoms with Crippen molar-refractivity contribution in [3.63, 3.8) is 0 Å². The maximum atomic E-state index is 13.5. The van der Waals surface area contributed by atoms with E-state index in [1.165, 1.54) is 6.07 Å². The zero-order valence-electron chi connectivity index (χ0n) is 10.0. The van der Waals surface area contributed by atoms with Gasteiger partial charge in [0.1, 0.15) is 17.4 Å². The lowest BCUT2D eigenvalue weighted by Gasteiger charge is -2.09. The predicted octanol–water partition coefficient (Wildman–Crippen LogP) is 2.67. The number of aryl methyl sites for hydroxylation is 1. The Morgan fingerprint density at radius 3 is 2.67 bits per heavy atom. The van der Waals surface area contributed by atoms with Gasteiger partial charge in [0, 0.05) is 11.3 Å². The lowest BCUT2D eigenvalue weighted by molar-refractivity contribution is 0.619. The second-order valence-electron chi connectivity index (χ2n) is 4.09. The molecule has 1 heterocycles. The van der Waals surface area contributed by atoms with E-state index in [2.05, 4.69) is 4.98 Å². The van der Waals surface area contributed by atoms with Crippen LogP contribution in [0.5, 0.6) is 0 Å². The first-order valence-electron chi connectivity index (χ1n) is 5.44. The van der Waals surface area contributed by atoms with Crippen molar-refractivity contribution in [1.82, 2.24) is 4.98 Å². The monoisotopic (exact) mass is 242 g/mol. The van der Waals surface area contributed by atoms with Crippen molar-refractivity contribution >= 4 is 0 Å². The standard InChI is InChI=1S/C14H11FN2O/c1-8-6-11(12(7-16)14(18)17-8)10-4-3-5-13(15)9(10)2/h3-6H,1-2H3,(H,17,18). The molecule has 0 aliphatic carbocycles. The number of pyridine rings is 1. The Morgan fingerprint density at radius 1 is 1.28 bits per heavy atom. The van der Waals surface area contributed by atoms with Crippen molar-refractivity contribution in [3.8, 4) is 17.2 Å². The zero-order valence-corrected chi connectivity index (χ0v) is 10.0. The van der Waals surface area contributed by atoms with E-state index in [0.717, 1.165) is 0 Å². The first-order chi connectivity index (χ1) is 8.54. The Hall–Kier alpha value is -2.41. The summed E-state index contributed by atoms with van der Waals surface area (Å²) >= 11 is 0. The van der Waals surface area contributed by atoms with Crippen LogP contribution in [-0.2, 0) is 0 Å². The van der Waals surface area contributed by atoms with Crippen LogP contribution in [0, 0.1) is 31.0 Å². The average Bonchev–Trinajstić information content (AvgIpc) is 2.32. The first kappa shape index (κ1) is 12.1. The van der Waals surface area contributed by atoms with Gasteiger partial charge in [-0.2, -0.15) is 5.26 Å². The molecule has 0 atom stereocenters. The summed E-state index contributed by atoms with van der Waals surface area (Å²) in [7, 11) is 0. The van der Waals surface area contributed by atoms with Gasteiger partial charge >= 0.3 is 0 Å². The van der Waals surface area contributed by atoms with E-state index in [4.69, 9.17) is 5.26 Å². The molecule has 0 aliphatic heterocycles. The van der Waals surface area contributed by atoms with Crippen molar-refractivity contribution in [2.24, 2.45) is 0 Å². The number of nitriles is 1. The van der Waals surface area contributed by atoms with Gasteiger partial charge in [0.2, 0.25) is 0 Å². The number of benzene rings is 1. The smallest absolute Gasteiger partial charge is 0.266 e. The molecule has 0 aliphatic rings. The second-order valence-corrected chi connectivity index (χ2v) is 4.09. The van der Waals surface area contributed by atoms with Crippen molar-refractivity contribution < 1.29 is 4.39 Å². The first-order valence-corrected chi connectivity index (χ1v) is 5.44. The SMILES string of the molecule is Cc1cc(-c2cccc(F)c2C)c(C#N)c(=O)[nH]1. The van der Waals surface area contributed by atoms with Crippen LogP contribution < -0.4 is 5.56 Å². The van der Waals surface area contributed by atoms with Crippen LogP contribution >= 0.6 is 0 Å². The number of hydrogen-bond donors (Lipinski definition) is 1. The molecule has 0 amide bonds. The minimum absolute atomic E-state index is 0.00861. The van der Waals surface area contributed by atoms with E-state index in [9.17, 15) is 9.18 Å². The maximum Gasteiger partial charge on any atom is 0.266 e. The van der Waals surface area contributed by atoms with Crippen LogP contribution in [0.1, 0.15) is 16.8 Å². The summed E-state index contributed by atoms with van der Waals surface area (Å²) in [6, 6.07) is 8.17. The predicted molar refractivity (Wildman–Crippen MR) is 66.6 cm³/mol. The van der Waals surface area contributed by atoms with Gasteiger partial charge in [0.25, 0.3) is 5.56 Å². The third-order valence-corrected chi connectivity index (χ3v) is 2.84. The van der Waals surface area contributed by atoms with Crippen LogP contribution in [0.25, 0.3) is 11.1 Å². The Bertz CT molecular complexity index is 711. The summed E-state index contributed by atoms with van der Waals surface area (Å²) < 4.78 is 13.5. The van der Waals surface area contributed by atoms with E-state index < -0.39 is 5.56 Å². The third-order valence-electron chi connectivity index (χ3n) is 2.84. The molecule has 2 rings (SSSR count). The average molecular weight is 242 g/mol. The quantitative estimate of drug-likeness (QED) is 0.835. The largest absolute Gasteiger partial charge is 0.325 e. The van der Waals surface area contributed by atoms with E-state index in [1.807, 2.05) is 6.07 Å². The van der Waals surface area contributed by atoms with Gasteiger partial charge in [-0.3, -0.25) is 4.79 Å². The van der Waals surface area contributed by atoms with Gasteiger partial charge in [-0.15, -0.1) is 0 Å². The van der Waals surface area contributed by atoms with Crippen molar-refractivity contribution in [2.75, 3.05) is 0 Å². The zero-order chi connectivity index (χ0) is 13.3. The molecule has 0 spiro atoms. The number of rotatable bonds is 1. The number of aromatic amines is 1. The molecule has 2 aromatic rings. The molecule has 18 heavy (non-hydrogen) atoms. The highest BCUT2D eigenvalue weighted by atomic mass is 19.1. The summed E-state index contributed by atoms with van der Waals surface area (Å²) in [5.74, 6) is -0.352. The van der Waals surface area contributed by atoms with E-state index in [1.54, 1.807) is 32.0 Å². The molecule has 90 valence electrons. The Kier molecular flexibility index (Phi) is 2.99. The van der Waals surface area contributed by atoms with Gasteiger partial charge in [-0.25, -0.2) is 4.39 Å². The molecule has 0 bridgehead atoms. The molecule has 0 saturated heterocycles. The molecule has 0 fully saturated rings.